The fourth-order valence-corrected chi connectivity index (χ4v) is 3.09. The van der Waals surface area contributed by atoms with Gasteiger partial charge in [0, 0.05) is 16.3 Å². The minimum atomic E-state index is -0.599. The molecule has 110 valence electrons. The highest BCUT2D eigenvalue weighted by Crippen LogP contribution is 2.39. The number of hydrogen-bond acceptors (Lipinski definition) is 3. The van der Waals surface area contributed by atoms with Crippen LogP contribution in [-0.2, 0) is 0 Å². The summed E-state index contributed by atoms with van der Waals surface area (Å²) in [4.78, 5) is 0. The van der Waals surface area contributed by atoms with Crippen LogP contribution in [0.4, 0.5) is 5.69 Å². The van der Waals surface area contributed by atoms with Gasteiger partial charge in [0.2, 0.25) is 0 Å². The number of fused-ring (bicyclic) bond motifs is 1. The molecule has 2 unspecified atom stereocenters. The number of aliphatic hydroxyl groups is 1. The van der Waals surface area contributed by atoms with Crippen LogP contribution in [0.2, 0.25) is 5.02 Å². The number of para-hydroxylation sites is 1. The number of nitrogens with two attached hydrogens (primary N) is 1. The molecule has 2 aromatic rings. The van der Waals surface area contributed by atoms with E-state index in [4.69, 9.17) is 22.1 Å². The topological polar surface area (TPSA) is 55.5 Å². The quantitative estimate of drug-likeness (QED) is 0.845. The molecule has 21 heavy (non-hydrogen) atoms. The van der Waals surface area contributed by atoms with Crippen molar-refractivity contribution >= 4 is 17.3 Å². The standard InChI is InChI=1S/C17H18ClNO2/c18-12-5-6-14(15(19)10-12)16(20)9-11-7-8-21-17-4-2-1-3-13(11)17/h1-6,10-11,16,20H,7-9,19H2. The predicted molar refractivity (Wildman–Crippen MR) is 84.7 cm³/mol. The number of ether oxygens (including phenoxy) is 1. The molecule has 1 aliphatic heterocycles. The molecule has 4 heteroatoms. The van der Waals surface area contributed by atoms with Gasteiger partial charge in [-0.05, 0) is 42.5 Å². The highest BCUT2D eigenvalue weighted by Gasteiger charge is 2.24. The number of anilines is 1. The molecule has 0 fully saturated rings. The molecular weight excluding hydrogens is 286 g/mol. The first-order valence-corrected chi connectivity index (χ1v) is 7.47. The van der Waals surface area contributed by atoms with Gasteiger partial charge in [-0.25, -0.2) is 0 Å². The van der Waals surface area contributed by atoms with E-state index in [2.05, 4.69) is 6.07 Å². The fourth-order valence-electron chi connectivity index (χ4n) is 2.91. The second-order valence-electron chi connectivity index (χ2n) is 5.40. The van der Waals surface area contributed by atoms with Gasteiger partial charge in [-0.2, -0.15) is 0 Å². The van der Waals surface area contributed by atoms with E-state index in [0.29, 0.717) is 23.7 Å². The second kappa shape index (κ2) is 5.96. The zero-order valence-electron chi connectivity index (χ0n) is 11.6. The summed E-state index contributed by atoms with van der Waals surface area (Å²) < 4.78 is 5.66. The maximum Gasteiger partial charge on any atom is 0.122 e. The van der Waals surface area contributed by atoms with Gasteiger partial charge in [-0.15, -0.1) is 0 Å². The minimum absolute atomic E-state index is 0.278. The predicted octanol–water partition coefficient (Wildman–Crippen LogP) is 3.91. The van der Waals surface area contributed by atoms with Gasteiger partial charge in [0.25, 0.3) is 0 Å². The molecule has 0 saturated heterocycles. The van der Waals surface area contributed by atoms with Gasteiger partial charge in [0.05, 0.1) is 12.7 Å². The molecule has 0 bridgehead atoms. The average molecular weight is 304 g/mol. The molecule has 0 aromatic heterocycles. The smallest absolute Gasteiger partial charge is 0.122 e. The van der Waals surface area contributed by atoms with Gasteiger partial charge >= 0.3 is 0 Å². The molecule has 2 atom stereocenters. The van der Waals surface area contributed by atoms with E-state index >= 15 is 0 Å². The molecule has 3 nitrogen and oxygen atoms in total. The van der Waals surface area contributed by atoms with Crippen molar-refractivity contribution in [3.63, 3.8) is 0 Å². The molecule has 0 spiro atoms. The third-order valence-corrected chi connectivity index (χ3v) is 4.23. The first kappa shape index (κ1) is 14.2. The first-order valence-electron chi connectivity index (χ1n) is 7.10. The van der Waals surface area contributed by atoms with Crippen molar-refractivity contribution in [1.29, 1.82) is 0 Å². The number of rotatable bonds is 3. The third kappa shape index (κ3) is 2.99. The normalized spacial score (nSPS) is 18.7. The van der Waals surface area contributed by atoms with Gasteiger partial charge in [-0.3, -0.25) is 0 Å². The molecule has 2 aromatic carbocycles. The minimum Gasteiger partial charge on any atom is -0.493 e. The Morgan fingerprint density at radius 2 is 2.10 bits per heavy atom. The van der Waals surface area contributed by atoms with Crippen molar-refractivity contribution in [3.8, 4) is 5.75 Å². The Balaban J connectivity index is 1.81. The van der Waals surface area contributed by atoms with Crippen molar-refractivity contribution in [2.24, 2.45) is 0 Å². The Morgan fingerprint density at radius 3 is 2.90 bits per heavy atom. The maximum atomic E-state index is 10.5. The highest BCUT2D eigenvalue weighted by atomic mass is 35.5. The lowest BCUT2D eigenvalue weighted by Gasteiger charge is -2.28. The Labute approximate surface area is 129 Å². The van der Waals surface area contributed by atoms with Gasteiger partial charge in [0.15, 0.2) is 0 Å². The lowest BCUT2D eigenvalue weighted by molar-refractivity contribution is 0.145. The van der Waals surface area contributed by atoms with Gasteiger partial charge in [0.1, 0.15) is 5.75 Å². The van der Waals surface area contributed by atoms with E-state index in [1.807, 2.05) is 18.2 Å². The van der Waals surface area contributed by atoms with Crippen LogP contribution in [0.3, 0.4) is 0 Å². The van der Waals surface area contributed by atoms with E-state index in [1.165, 1.54) is 0 Å². The van der Waals surface area contributed by atoms with Crippen molar-refractivity contribution < 1.29 is 9.84 Å². The van der Waals surface area contributed by atoms with Gasteiger partial charge in [-0.1, -0.05) is 35.9 Å². The maximum absolute atomic E-state index is 10.5. The number of nitrogen functional groups attached to an aromatic ring is 1. The summed E-state index contributed by atoms with van der Waals surface area (Å²) >= 11 is 5.90. The summed E-state index contributed by atoms with van der Waals surface area (Å²) in [5.74, 6) is 1.20. The van der Waals surface area contributed by atoms with Crippen molar-refractivity contribution in [2.45, 2.75) is 24.9 Å². The van der Waals surface area contributed by atoms with Crippen LogP contribution in [0.15, 0.2) is 42.5 Å². The number of benzene rings is 2. The molecule has 1 aliphatic rings. The lowest BCUT2D eigenvalue weighted by atomic mass is 9.86. The Bertz CT molecular complexity index is 644. The highest BCUT2D eigenvalue weighted by molar-refractivity contribution is 6.30. The molecule has 0 radical (unpaired) electrons. The number of hydrogen-bond donors (Lipinski definition) is 2. The van der Waals surface area contributed by atoms with Crippen LogP contribution in [-0.4, -0.2) is 11.7 Å². The third-order valence-electron chi connectivity index (χ3n) is 4.00. The molecule has 0 amide bonds. The Hall–Kier alpha value is -1.71. The van der Waals surface area contributed by atoms with Crippen molar-refractivity contribution in [2.75, 3.05) is 12.3 Å². The zero-order chi connectivity index (χ0) is 14.8. The molecule has 1 heterocycles. The summed E-state index contributed by atoms with van der Waals surface area (Å²) in [5.41, 5.74) is 8.39. The molecular formula is C17H18ClNO2. The first-order chi connectivity index (χ1) is 10.1. The van der Waals surface area contributed by atoms with E-state index in [-0.39, 0.29) is 5.92 Å². The summed E-state index contributed by atoms with van der Waals surface area (Å²) in [5, 5.41) is 11.1. The second-order valence-corrected chi connectivity index (χ2v) is 5.83. The molecule has 0 aliphatic carbocycles. The molecule has 3 N–H and O–H groups in total. The Kier molecular flexibility index (Phi) is 4.04. The van der Waals surface area contributed by atoms with Gasteiger partial charge < -0.3 is 15.6 Å². The summed E-state index contributed by atoms with van der Waals surface area (Å²) in [6.07, 6.45) is 0.937. The molecule has 3 rings (SSSR count). The fraction of sp³-hybridized carbons (Fsp3) is 0.294. The van der Waals surface area contributed by atoms with Crippen LogP contribution in [0.1, 0.15) is 36.0 Å². The van der Waals surface area contributed by atoms with E-state index < -0.39 is 6.10 Å². The molecule has 0 saturated carbocycles. The van der Waals surface area contributed by atoms with E-state index in [9.17, 15) is 5.11 Å². The van der Waals surface area contributed by atoms with Crippen molar-refractivity contribution in [3.05, 3.63) is 58.6 Å². The number of aliphatic hydroxyl groups excluding tert-OH is 1. The monoisotopic (exact) mass is 303 g/mol. The van der Waals surface area contributed by atoms with E-state index in [0.717, 1.165) is 23.3 Å². The lowest BCUT2D eigenvalue weighted by Crippen LogP contribution is -2.17. The largest absolute Gasteiger partial charge is 0.493 e. The zero-order valence-corrected chi connectivity index (χ0v) is 12.4. The Morgan fingerprint density at radius 1 is 1.29 bits per heavy atom. The van der Waals surface area contributed by atoms with Crippen molar-refractivity contribution in [1.82, 2.24) is 0 Å². The van der Waals surface area contributed by atoms with Crippen LogP contribution in [0.5, 0.6) is 5.75 Å². The van der Waals surface area contributed by atoms with Crippen LogP contribution < -0.4 is 10.5 Å². The van der Waals surface area contributed by atoms with Crippen LogP contribution in [0, 0.1) is 0 Å². The summed E-state index contributed by atoms with van der Waals surface area (Å²) in [6.45, 7) is 0.685. The SMILES string of the molecule is Nc1cc(Cl)ccc1C(O)CC1CCOc2ccccc21. The summed E-state index contributed by atoms with van der Waals surface area (Å²) in [6, 6.07) is 13.2. The van der Waals surface area contributed by atoms with Crippen LogP contribution in [0.25, 0.3) is 0 Å². The number of halogens is 1. The average Bonchev–Trinajstić information content (AvgIpc) is 2.47. The van der Waals surface area contributed by atoms with Crippen LogP contribution >= 0.6 is 11.6 Å². The summed E-state index contributed by atoms with van der Waals surface area (Å²) in [7, 11) is 0. The van der Waals surface area contributed by atoms with E-state index in [1.54, 1.807) is 18.2 Å².